The molecule has 8 aromatic carbocycles. The van der Waals surface area contributed by atoms with Gasteiger partial charge < -0.3 is 0 Å². The van der Waals surface area contributed by atoms with E-state index in [0.29, 0.717) is 0 Å². The van der Waals surface area contributed by atoms with E-state index in [1.54, 1.807) is 0 Å². The standard InChI is InChI=1S/C47H26N2S2/c1-3-9-32-28(7-1)17-20-36-34(32)21-22-39-45(36)48-47-46-38(44-33-10-4-2-8-29(33)18-24-43(44)51-46)26-40(49(39)47)30-15-13-27(14-16-30)31-19-23-42-37(25-31)35-11-5-6-12-41(35)50-42/h1-26H. The van der Waals surface area contributed by atoms with Gasteiger partial charge in [-0.25, -0.2) is 4.98 Å². The van der Waals surface area contributed by atoms with E-state index < -0.39 is 0 Å². The highest BCUT2D eigenvalue weighted by Gasteiger charge is 2.20. The molecule has 0 saturated carbocycles. The Hall–Kier alpha value is -6.07. The highest BCUT2D eigenvalue weighted by atomic mass is 32.1. The van der Waals surface area contributed by atoms with E-state index >= 15 is 0 Å². The van der Waals surface area contributed by atoms with Crippen LogP contribution in [0.15, 0.2) is 158 Å². The lowest BCUT2D eigenvalue weighted by Gasteiger charge is -2.11. The average molecular weight is 683 g/mol. The zero-order valence-electron chi connectivity index (χ0n) is 27.2. The minimum atomic E-state index is 1.02. The highest BCUT2D eigenvalue weighted by molar-refractivity contribution is 7.26. The topological polar surface area (TPSA) is 17.3 Å². The Balaban J connectivity index is 1.14. The third-order valence-electron chi connectivity index (χ3n) is 10.8. The zero-order chi connectivity index (χ0) is 33.2. The number of hydrogen-bond donors (Lipinski definition) is 0. The molecule has 0 unspecified atom stereocenters. The van der Waals surface area contributed by atoms with Gasteiger partial charge in [-0.2, -0.15) is 0 Å². The molecule has 0 atom stereocenters. The molecular formula is C47H26N2S2. The van der Waals surface area contributed by atoms with Crippen LogP contribution >= 0.6 is 22.7 Å². The van der Waals surface area contributed by atoms with E-state index in [-0.39, 0.29) is 0 Å². The van der Waals surface area contributed by atoms with Gasteiger partial charge in [-0.15, -0.1) is 22.7 Å². The summed E-state index contributed by atoms with van der Waals surface area (Å²) in [5, 5.41) is 12.7. The second-order valence-corrected chi connectivity index (χ2v) is 15.6. The molecule has 236 valence electrons. The Morgan fingerprint density at radius 2 is 1.08 bits per heavy atom. The van der Waals surface area contributed by atoms with E-state index in [9.17, 15) is 0 Å². The lowest BCUT2D eigenvalue weighted by Crippen LogP contribution is -1.93. The summed E-state index contributed by atoms with van der Waals surface area (Å²) in [5.41, 5.74) is 7.97. The van der Waals surface area contributed by atoms with E-state index in [1.165, 1.54) is 89.4 Å². The normalized spacial score (nSPS) is 12.3. The molecule has 2 nitrogen and oxygen atoms in total. The number of pyridine rings is 1. The van der Waals surface area contributed by atoms with Gasteiger partial charge in [0, 0.05) is 41.0 Å². The summed E-state index contributed by atoms with van der Waals surface area (Å²) in [6.07, 6.45) is 0. The Bertz CT molecular complexity index is 3420. The first-order valence-electron chi connectivity index (χ1n) is 17.3. The van der Waals surface area contributed by atoms with Gasteiger partial charge in [0.15, 0.2) is 5.65 Å². The Morgan fingerprint density at radius 3 is 1.96 bits per heavy atom. The molecule has 0 aliphatic carbocycles. The van der Waals surface area contributed by atoms with Crippen molar-refractivity contribution < 1.29 is 0 Å². The van der Waals surface area contributed by atoms with Crippen LogP contribution in [0.4, 0.5) is 0 Å². The first-order chi connectivity index (χ1) is 25.3. The van der Waals surface area contributed by atoms with Gasteiger partial charge in [-0.05, 0) is 80.0 Å². The molecule has 51 heavy (non-hydrogen) atoms. The van der Waals surface area contributed by atoms with Crippen molar-refractivity contribution in [3.05, 3.63) is 158 Å². The van der Waals surface area contributed by atoms with Crippen molar-refractivity contribution in [3.8, 4) is 22.4 Å². The van der Waals surface area contributed by atoms with Crippen LogP contribution in [0.25, 0.3) is 112 Å². The second-order valence-electron chi connectivity index (χ2n) is 13.5. The number of rotatable bonds is 2. The first kappa shape index (κ1) is 27.7. The van der Waals surface area contributed by atoms with Gasteiger partial charge in [0.2, 0.25) is 0 Å². The van der Waals surface area contributed by atoms with E-state index in [4.69, 9.17) is 4.98 Å². The van der Waals surface area contributed by atoms with Crippen molar-refractivity contribution in [1.82, 2.24) is 9.38 Å². The molecule has 12 aromatic rings. The molecule has 0 radical (unpaired) electrons. The number of benzene rings is 8. The van der Waals surface area contributed by atoms with Gasteiger partial charge in [0.05, 0.1) is 21.4 Å². The maximum atomic E-state index is 5.53. The van der Waals surface area contributed by atoms with Crippen LogP contribution in [0.1, 0.15) is 0 Å². The Kier molecular flexibility index (Phi) is 5.56. The minimum absolute atomic E-state index is 1.02. The summed E-state index contributed by atoms with van der Waals surface area (Å²) < 4.78 is 7.58. The molecule has 0 aliphatic rings. The number of thiophene rings is 2. The third kappa shape index (κ3) is 3.89. The van der Waals surface area contributed by atoms with Crippen molar-refractivity contribution in [3.63, 3.8) is 0 Å². The quantitative estimate of drug-likeness (QED) is 0.166. The number of imidazole rings is 1. The molecular weight excluding hydrogens is 657 g/mol. The zero-order valence-corrected chi connectivity index (χ0v) is 28.9. The predicted molar refractivity (Wildman–Crippen MR) is 222 cm³/mol. The molecule has 0 N–H and O–H groups in total. The molecule has 4 aromatic heterocycles. The molecule has 0 spiro atoms. The Morgan fingerprint density at radius 1 is 0.412 bits per heavy atom. The number of fused-ring (bicyclic) bond motifs is 16. The summed E-state index contributed by atoms with van der Waals surface area (Å²) >= 11 is 3.72. The van der Waals surface area contributed by atoms with Gasteiger partial charge in [0.1, 0.15) is 0 Å². The van der Waals surface area contributed by atoms with Gasteiger partial charge in [-0.3, -0.25) is 4.40 Å². The van der Waals surface area contributed by atoms with Crippen LogP contribution in [-0.4, -0.2) is 9.38 Å². The molecule has 0 aliphatic heterocycles. The maximum Gasteiger partial charge on any atom is 0.156 e. The summed E-state index contributed by atoms with van der Waals surface area (Å²) in [6, 6.07) is 58.2. The molecule has 0 bridgehead atoms. The van der Waals surface area contributed by atoms with Gasteiger partial charge >= 0.3 is 0 Å². The van der Waals surface area contributed by atoms with Crippen LogP contribution in [0, 0.1) is 0 Å². The highest BCUT2D eigenvalue weighted by Crippen LogP contribution is 2.44. The van der Waals surface area contributed by atoms with Crippen LogP contribution < -0.4 is 0 Å². The lowest BCUT2D eigenvalue weighted by atomic mass is 9.99. The molecule has 0 fully saturated rings. The number of nitrogens with zero attached hydrogens (tertiary/aromatic N) is 2. The van der Waals surface area contributed by atoms with Crippen LogP contribution in [0.3, 0.4) is 0 Å². The van der Waals surface area contributed by atoms with Crippen molar-refractivity contribution in [2.45, 2.75) is 0 Å². The number of aromatic nitrogens is 2. The fraction of sp³-hybridized carbons (Fsp3) is 0. The first-order valence-corrected chi connectivity index (χ1v) is 18.9. The van der Waals surface area contributed by atoms with Crippen molar-refractivity contribution in [2.75, 3.05) is 0 Å². The van der Waals surface area contributed by atoms with E-state index in [0.717, 1.165) is 22.4 Å². The number of hydrogen-bond acceptors (Lipinski definition) is 3. The molecule has 0 saturated heterocycles. The van der Waals surface area contributed by atoms with Crippen LogP contribution in [0.2, 0.25) is 0 Å². The summed E-state index contributed by atoms with van der Waals surface area (Å²) in [4.78, 5) is 5.53. The largest absolute Gasteiger partial charge is 0.291 e. The fourth-order valence-electron chi connectivity index (χ4n) is 8.37. The second kappa shape index (κ2) is 10.2. The molecule has 4 heteroatoms. The molecule has 12 rings (SSSR count). The van der Waals surface area contributed by atoms with Crippen molar-refractivity contribution in [1.29, 1.82) is 0 Å². The van der Waals surface area contributed by atoms with Crippen LogP contribution in [-0.2, 0) is 0 Å². The summed E-state index contributed by atoms with van der Waals surface area (Å²) in [7, 11) is 0. The Labute approximate surface area is 300 Å². The van der Waals surface area contributed by atoms with Crippen LogP contribution in [0.5, 0.6) is 0 Å². The maximum absolute atomic E-state index is 5.53. The van der Waals surface area contributed by atoms with E-state index in [1.807, 2.05) is 22.7 Å². The monoisotopic (exact) mass is 682 g/mol. The lowest BCUT2D eigenvalue weighted by molar-refractivity contribution is 1.25. The molecule has 0 amide bonds. The van der Waals surface area contributed by atoms with Crippen molar-refractivity contribution >= 4 is 112 Å². The predicted octanol–water partition coefficient (Wildman–Crippen LogP) is 14.0. The summed E-state index contributed by atoms with van der Waals surface area (Å²) in [6.45, 7) is 0. The third-order valence-corrected chi connectivity index (χ3v) is 13.1. The smallest absolute Gasteiger partial charge is 0.156 e. The van der Waals surface area contributed by atoms with E-state index in [2.05, 4.69) is 162 Å². The van der Waals surface area contributed by atoms with Crippen molar-refractivity contribution in [2.24, 2.45) is 0 Å². The summed E-state index contributed by atoms with van der Waals surface area (Å²) in [5.74, 6) is 0. The fourth-order valence-corrected chi connectivity index (χ4v) is 10.6. The van der Waals surface area contributed by atoms with Gasteiger partial charge in [-0.1, -0.05) is 121 Å². The van der Waals surface area contributed by atoms with Gasteiger partial charge in [0.25, 0.3) is 0 Å². The molecule has 4 heterocycles. The minimum Gasteiger partial charge on any atom is -0.291 e. The average Bonchev–Trinajstić information content (AvgIpc) is 3.89. The SMILES string of the molecule is c1ccc2c(c1)ccc1c2ccc2c1nc1c3sc4ccc5ccccc5c4c3cc(-c3ccc(-c4ccc5sc6ccccc6c5c4)cc3)n21.